The van der Waals surface area contributed by atoms with Crippen molar-refractivity contribution in [2.75, 3.05) is 13.1 Å². The Bertz CT molecular complexity index is 358. The minimum absolute atomic E-state index is 0.414. The quantitative estimate of drug-likeness (QED) is 0.772. The molecule has 3 nitrogen and oxygen atoms in total. The van der Waals surface area contributed by atoms with Crippen LogP contribution in [0.2, 0.25) is 0 Å². The monoisotopic (exact) mass is 315 g/mol. The van der Waals surface area contributed by atoms with Gasteiger partial charge in [0, 0.05) is 12.0 Å². The standard InChI is InChI=1S/C14H26BrN3/c1-10(2)8-16-7-6-12(5)14-13(15)9-17-18(14)11(3)4/h9-12,16H,6-8H2,1-5H3. The molecular weight excluding hydrogens is 290 g/mol. The molecule has 0 aliphatic carbocycles. The highest BCUT2D eigenvalue weighted by molar-refractivity contribution is 9.10. The second-order valence-corrected chi connectivity index (χ2v) is 6.56. The Hall–Kier alpha value is -0.350. The number of hydrogen-bond donors (Lipinski definition) is 1. The first kappa shape index (κ1) is 15.7. The van der Waals surface area contributed by atoms with Crippen LogP contribution in [0.15, 0.2) is 10.7 Å². The highest BCUT2D eigenvalue weighted by Gasteiger charge is 2.17. The first-order valence-electron chi connectivity index (χ1n) is 6.87. The highest BCUT2D eigenvalue weighted by atomic mass is 79.9. The lowest BCUT2D eigenvalue weighted by Crippen LogP contribution is -2.22. The van der Waals surface area contributed by atoms with Crippen LogP contribution in [0.1, 0.15) is 58.7 Å². The van der Waals surface area contributed by atoms with Crippen LogP contribution in [0.5, 0.6) is 0 Å². The van der Waals surface area contributed by atoms with Crippen molar-refractivity contribution in [3.8, 4) is 0 Å². The van der Waals surface area contributed by atoms with Gasteiger partial charge in [-0.3, -0.25) is 4.68 Å². The first-order valence-corrected chi connectivity index (χ1v) is 7.66. The average Bonchev–Trinajstić information content (AvgIpc) is 2.66. The van der Waals surface area contributed by atoms with Crippen molar-refractivity contribution in [2.45, 2.75) is 53.0 Å². The summed E-state index contributed by atoms with van der Waals surface area (Å²) in [5, 5.41) is 7.94. The Morgan fingerprint density at radius 3 is 2.50 bits per heavy atom. The summed E-state index contributed by atoms with van der Waals surface area (Å²) in [6, 6.07) is 0.414. The normalized spacial score (nSPS) is 13.6. The molecule has 1 N–H and O–H groups in total. The van der Waals surface area contributed by atoms with E-state index in [1.165, 1.54) is 5.69 Å². The lowest BCUT2D eigenvalue weighted by molar-refractivity contribution is 0.469. The van der Waals surface area contributed by atoms with Crippen LogP contribution in [-0.2, 0) is 0 Å². The predicted octanol–water partition coefficient (Wildman–Crippen LogP) is 3.97. The van der Waals surface area contributed by atoms with Gasteiger partial charge in [-0.2, -0.15) is 5.10 Å². The van der Waals surface area contributed by atoms with Gasteiger partial charge in [0.15, 0.2) is 0 Å². The van der Waals surface area contributed by atoms with Crippen LogP contribution in [0.3, 0.4) is 0 Å². The van der Waals surface area contributed by atoms with Crippen molar-refractivity contribution in [1.29, 1.82) is 0 Å². The lowest BCUT2D eigenvalue weighted by Gasteiger charge is -2.18. The third-order valence-electron chi connectivity index (χ3n) is 3.05. The Morgan fingerprint density at radius 1 is 1.28 bits per heavy atom. The Morgan fingerprint density at radius 2 is 1.94 bits per heavy atom. The maximum Gasteiger partial charge on any atom is 0.0635 e. The van der Waals surface area contributed by atoms with Gasteiger partial charge in [-0.15, -0.1) is 0 Å². The number of hydrogen-bond acceptors (Lipinski definition) is 2. The molecule has 0 fully saturated rings. The number of halogens is 1. The zero-order valence-corrected chi connectivity index (χ0v) is 13.8. The van der Waals surface area contributed by atoms with Crippen molar-refractivity contribution in [3.63, 3.8) is 0 Å². The number of nitrogens with one attached hydrogen (secondary N) is 1. The smallest absolute Gasteiger partial charge is 0.0635 e. The number of aromatic nitrogens is 2. The van der Waals surface area contributed by atoms with Crippen LogP contribution in [0.25, 0.3) is 0 Å². The number of nitrogens with zero attached hydrogens (tertiary/aromatic N) is 2. The van der Waals surface area contributed by atoms with E-state index in [1.807, 2.05) is 6.20 Å². The maximum atomic E-state index is 4.44. The maximum absolute atomic E-state index is 4.44. The summed E-state index contributed by atoms with van der Waals surface area (Å²) in [7, 11) is 0. The molecule has 0 aromatic carbocycles. The Kier molecular flexibility index (Phi) is 6.36. The minimum atomic E-state index is 0.414. The van der Waals surface area contributed by atoms with E-state index in [0.717, 1.165) is 24.0 Å². The van der Waals surface area contributed by atoms with E-state index < -0.39 is 0 Å². The summed E-state index contributed by atoms with van der Waals surface area (Å²) >= 11 is 3.61. The van der Waals surface area contributed by atoms with Gasteiger partial charge < -0.3 is 5.32 Å². The Balaban J connectivity index is 2.55. The van der Waals surface area contributed by atoms with E-state index in [4.69, 9.17) is 0 Å². The zero-order chi connectivity index (χ0) is 13.7. The van der Waals surface area contributed by atoms with Gasteiger partial charge in [-0.05, 0) is 55.2 Å². The average molecular weight is 316 g/mol. The number of rotatable bonds is 7. The Labute approximate surface area is 119 Å². The molecule has 0 spiro atoms. The molecule has 18 heavy (non-hydrogen) atoms. The topological polar surface area (TPSA) is 29.9 Å². The fourth-order valence-corrected chi connectivity index (χ4v) is 2.73. The summed E-state index contributed by atoms with van der Waals surface area (Å²) in [5.74, 6) is 1.23. The molecule has 1 unspecified atom stereocenters. The van der Waals surface area contributed by atoms with E-state index in [9.17, 15) is 0 Å². The van der Waals surface area contributed by atoms with Crippen LogP contribution < -0.4 is 5.32 Å². The molecule has 0 bridgehead atoms. The summed E-state index contributed by atoms with van der Waals surface area (Å²) in [5.41, 5.74) is 1.32. The summed E-state index contributed by atoms with van der Waals surface area (Å²) in [4.78, 5) is 0. The van der Waals surface area contributed by atoms with Gasteiger partial charge in [0.05, 0.1) is 16.4 Å². The summed E-state index contributed by atoms with van der Waals surface area (Å²) in [6.07, 6.45) is 3.05. The molecule has 0 saturated heterocycles. The van der Waals surface area contributed by atoms with Crippen molar-refractivity contribution in [3.05, 3.63) is 16.4 Å². The van der Waals surface area contributed by atoms with E-state index in [0.29, 0.717) is 17.9 Å². The summed E-state index contributed by atoms with van der Waals surface area (Å²) in [6.45, 7) is 13.3. The molecule has 4 heteroatoms. The fourth-order valence-electron chi connectivity index (χ4n) is 2.07. The van der Waals surface area contributed by atoms with Gasteiger partial charge >= 0.3 is 0 Å². The lowest BCUT2D eigenvalue weighted by atomic mass is 10.0. The highest BCUT2D eigenvalue weighted by Crippen LogP contribution is 2.28. The molecular formula is C14H26BrN3. The third kappa shape index (κ3) is 4.39. The summed E-state index contributed by atoms with van der Waals surface area (Å²) < 4.78 is 3.25. The third-order valence-corrected chi connectivity index (χ3v) is 3.66. The van der Waals surface area contributed by atoms with Gasteiger partial charge in [-0.25, -0.2) is 0 Å². The minimum Gasteiger partial charge on any atom is -0.316 e. The largest absolute Gasteiger partial charge is 0.316 e. The van der Waals surface area contributed by atoms with Crippen LogP contribution in [0.4, 0.5) is 0 Å². The van der Waals surface area contributed by atoms with Crippen LogP contribution >= 0.6 is 15.9 Å². The molecule has 0 saturated carbocycles. The molecule has 0 radical (unpaired) electrons. The molecule has 0 aliphatic rings. The molecule has 1 atom stereocenters. The van der Waals surface area contributed by atoms with Gasteiger partial charge in [0.25, 0.3) is 0 Å². The molecule has 0 aliphatic heterocycles. The predicted molar refractivity (Wildman–Crippen MR) is 81.1 cm³/mol. The second-order valence-electron chi connectivity index (χ2n) is 5.70. The first-order chi connectivity index (χ1) is 8.43. The SMILES string of the molecule is CC(C)CNCCC(C)c1c(Br)cnn1C(C)C. The van der Waals surface area contributed by atoms with Crippen molar-refractivity contribution >= 4 is 15.9 Å². The van der Waals surface area contributed by atoms with Crippen LogP contribution in [0, 0.1) is 5.92 Å². The van der Waals surface area contributed by atoms with Gasteiger partial charge in [0.1, 0.15) is 0 Å². The molecule has 1 aromatic rings. The van der Waals surface area contributed by atoms with E-state index in [1.54, 1.807) is 0 Å². The molecule has 1 heterocycles. The van der Waals surface area contributed by atoms with E-state index in [2.05, 4.69) is 65.6 Å². The van der Waals surface area contributed by atoms with Gasteiger partial charge in [0.2, 0.25) is 0 Å². The van der Waals surface area contributed by atoms with E-state index >= 15 is 0 Å². The van der Waals surface area contributed by atoms with Crippen molar-refractivity contribution < 1.29 is 0 Å². The van der Waals surface area contributed by atoms with Crippen LogP contribution in [-0.4, -0.2) is 22.9 Å². The molecule has 1 rings (SSSR count). The molecule has 104 valence electrons. The van der Waals surface area contributed by atoms with Crippen molar-refractivity contribution in [2.24, 2.45) is 5.92 Å². The van der Waals surface area contributed by atoms with E-state index in [-0.39, 0.29) is 0 Å². The van der Waals surface area contributed by atoms with Gasteiger partial charge in [-0.1, -0.05) is 20.8 Å². The zero-order valence-electron chi connectivity index (χ0n) is 12.2. The molecule has 1 aromatic heterocycles. The van der Waals surface area contributed by atoms with Crippen molar-refractivity contribution in [1.82, 2.24) is 15.1 Å². The fraction of sp³-hybridized carbons (Fsp3) is 0.786. The molecule has 0 amide bonds. The second kappa shape index (κ2) is 7.29.